The molecule has 1 aliphatic heterocycles. The highest BCUT2D eigenvalue weighted by Crippen LogP contribution is 2.27. The van der Waals surface area contributed by atoms with Crippen molar-refractivity contribution in [1.82, 2.24) is 14.7 Å². The Balaban J connectivity index is 1.68. The fraction of sp³-hybridized carbons (Fsp3) is 0.524. The molecule has 26 heavy (non-hydrogen) atoms. The van der Waals surface area contributed by atoms with Crippen molar-refractivity contribution in [2.75, 3.05) is 19.3 Å². The summed E-state index contributed by atoms with van der Waals surface area (Å²) in [6.07, 6.45) is 7.21. The van der Waals surface area contributed by atoms with Crippen molar-refractivity contribution in [3.05, 3.63) is 47.3 Å². The zero-order valence-electron chi connectivity index (χ0n) is 16.1. The summed E-state index contributed by atoms with van der Waals surface area (Å²) in [6, 6.07) is 8.00. The number of ketones is 1. The van der Waals surface area contributed by atoms with Crippen molar-refractivity contribution in [2.45, 2.75) is 51.1 Å². The maximum absolute atomic E-state index is 13.1. The Labute approximate surface area is 161 Å². The lowest BCUT2D eigenvalue weighted by Crippen LogP contribution is -2.38. The Bertz CT molecular complexity index is 755. The number of rotatable bonds is 7. The van der Waals surface area contributed by atoms with Crippen LogP contribution in [0.3, 0.4) is 0 Å². The molecular weight excluding hydrogens is 342 g/mol. The van der Waals surface area contributed by atoms with Crippen LogP contribution in [0.4, 0.5) is 0 Å². The summed E-state index contributed by atoms with van der Waals surface area (Å²) in [7, 11) is 0. The molecule has 0 unspecified atom stereocenters. The topological polar surface area (TPSA) is 38.1 Å². The molecule has 2 heterocycles. The van der Waals surface area contributed by atoms with Crippen LogP contribution >= 0.6 is 11.8 Å². The lowest BCUT2D eigenvalue weighted by Gasteiger charge is -2.32. The molecule has 1 saturated heterocycles. The number of hydrogen-bond donors (Lipinski definition) is 0. The predicted octanol–water partition coefficient (Wildman–Crippen LogP) is 4.42. The molecule has 5 heteroatoms. The van der Waals surface area contributed by atoms with E-state index in [4.69, 9.17) is 0 Å². The van der Waals surface area contributed by atoms with E-state index in [9.17, 15) is 4.79 Å². The fourth-order valence-electron chi connectivity index (χ4n) is 3.80. The van der Waals surface area contributed by atoms with Gasteiger partial charge in [0.2, 0.25) is 0 Å². The van der Waals surface area contributed by atoms with Crippen molar-refractivity contribution in [3.8, 4) is 0 Å². The number of Topliss-reactive ketones (excluding diaryl/α,β-unsaturated/α-hetero) is 1. The molecule has 0 bridgehead atoms. The number of benzene rings is 1. The first kappa shape index (κ1) is 19.2. The number of hydrogen-bond acceptors (Lipinski definition) is 4. The fourth-order valence-corrected chi connectivity index (χ4v) is 4.40. The molecule has 1 aliphatic rings. The average Bonchev–Trinajstić information content (AvgIpc) is 3.01. The van der Waals surface area contributed by atoms with Gasteiger partial charge in [0, 0.05) is 47.3 Å². The zero-order valence-corrected chi connectivity index (χ0v) is 16.9. The zero-order chi connectivity index (χ0) is 18.5. The van der Waals surface area contributed by atoms with Gasteiger partial charge in [-0.05, 0) is 45.1 Å². The van der Waals surface area contributed by atoms with E-state index in [-0.39, 0.29) is 5.92 Å². The lowest BCUT2D eigenvalue weighted by atomic mass is 9.89. The van der Waals surface area contributed by atoms with Gasteiger partial charge in [0.05, 0.1) is 6.20 Å². The second-order valence-corrected chi connectivity index (χ2v) is 7.97. The van der Waals surface area contributed by atoms with Crippen LogP contribution in [0.1, 0.15) is 47.8 Å². The summed E-state index contributed by atoms with van der Waals surface area (Å²) < 4.78 is 2.09. The minimum Gasteiger partial charge on any atom is -0.298 e. The van der Waals surface area contributed by atoms with Crippen molar-refractivity contribution in [1.29, 1.82) is 0 Å². The molecule has 3 rings (SSSR count). The summed E-state index contributed by atoms with van der Waals surface area (Å²) in [5, 5.41) is 4.52. The highest BCUT2D eigenvalue weighted by molar-refractivity contribution is 7.98. The van der Waals surface area contributed by atoms with E-state index in [1.807, 2.05) is 36.7 Å². The monoisotopic (exact) mass is 371 g/mol. The van der Waals surface area contributed by atoms with Crippen LogP contribution in [-0.4, -0.2) is 39.8 Å². The molecule has 4 nitrogen and oxygen atoms in total. The molecule has 1 aromatic carbocycles. The van der Waals surface area contributed by atoms with Crippen molar-refractivity contribution in [2.24, 2.45) is 5.92 Å². The second kappa shape index (κ2) is 8.87. The van der Waals surface area contributed by atoms with E-state index < -0.39 is 0 Å². The summed E-state index contributed by atoms with van der Waals surface area (Å²) >= 11 is 1.66. The first-order valence-corrected chi connectivity index (χ1v) is 10.8. The normalized spacial score (nSPS) is 18.2. The van der Waals surface area contributed by atoms with E-state index in [0.717, 1.165) is 55.9 Å². The van der Waals surface area contributed by atoms with Crippen LogP contribution in [0.5, 0.6) is 0 Å². The second-order valence-electron chi connectivity index (χ2n) is 7.12. The first-order chi connectivity index (χ1) is 12.6. The molecule has 1 aromatic heterocycles. The standard InChI is InChI=1S/C21H29N3OS/c1-4-11-24-16(2)18(13-22-24)15-23-12-7-8-17(14-23)21(25)19-9-5-6-10-20(19)26-3/h5-6,9-10,13,17H,4,7-8,11-12,14-15H2,1-3H3/t17-/m1/s1. The molecule has 0 radical (unpaired) electrons. The van der Waals surface area contributed by atoms with E-state index in [0.29, 0.717) is 5.78 Å². The third-order valence-corrected chi connectivity index (χ3v) is 6.08. The predicted molar refractivity (Wildman–Crippen MR) is 108 cm³/mol. The first-order valence-electron chi connectivity index (χ1n) is 9.55. The molecule has 0 N–H and O–H groups in total. The van der Waals surface area contributed by atoms with Crippen molar-refractivity contribution < 1.29 is 4.79 Å². The number of carbonyl (C=O) groups is 1. The highest BCUT2D eigenvalue weighted by atomic mass is 32.2. The third-order valence-electron chi connectivity index (χ3n) is 5.28. The molecule has 140 valence electrons. The van der Waals surface area contributed by atoms with Crippen LogP contribution in [0.25, 0.3) is 0 Å². The SMILES string of the molecule is CCCn1ncc(CN2CCC[C@@H](C(=O)c3ccccc3SC)C2)c1C. The molecular formula is C21H29N3OS. The summed E-state index contributed by atoms with van der Waals surface area (Å²) in [4.78, 5) is 16.6. The third kappa shape index (κ3) is 4.21. The molecule has 0 aliphatic carbocycles. The number of carbonyl (C=O) groups excluding carboxylic acids is 1. The molecule has 0 amide bonds. The van der Waals surface area contributed by atoms with Gasteiger partial charge in [-0.25, -0.2) is 0 Å². The van der Waals surface area contributed by atoms with Crippen LogP contribution in [0.15, 0.2) is 35.4 Å². The maximum atomic E-state index is 13.1. The van der Waals surface area contributed by atoms with Gasteiger partial charge in [0.1, 0.15) is 0 Å². The van der Waals surface area contributed by atoms with Gasteiger partial charge < -0.3 is 0 Å². The van der Waals surface area contributed by atoms with Crippen molar-refractivity contribution in [3.63, 3.8) is 0 Å². The van der Waals surface area contributed by atoms with E-state index in [1.54, 1.807) is 11.8 Å². The molecule has 1 fully saturated rings. The van der Waals surface area contributed by atoms with Gasteiger partial charge in [-0.15, -0.1) is 11.8 Å². The summed E-state index contributed by atoms with van der Waals surface area (Å²) in [5.74, 6) is 0.404. The number of aromatic nitrogens is 2. The molecule has 0 saturated carbocycles. The van der Waals surface area contributed by atoms with Gasteiger partial charge >= 0.3 is 0 Å². The Morgan fingerprint density at radius 3 is 2.92 bits per heavy atom. The lowest BCUT2D eigenvalue weighted by molar-refractivity contribution is 0.0808. The van der Waals surface area contributed by atoms with Crippen LogP contribution in [-0.2, 0) is 13.1 Å². The van der Waals surface area contributed by atoms with Crippen LogP contribution < -0.4 is 0 Å². The van der Waals surface area contributed by atoms with Crippen molar-refractivity contribution >= 4 is 17.5 Å². The van der Waals surface area contributed by atoms with Gasteiger partial charge in [0.15, 0.2) is 5.78 Å². The Kier molecular flexibility index (Phi) is 6.54. The summed E-state index contributed by atoms with van der Waals surface area (Å²) in [5.41, 5.74) is 3.43. The number of likely N-dealkylation sites (tertiary alicyclic amines) is 1. The van der Waals surface area contributed by atoms with Gasteiger partial charge in [-0.2, -0.15) is 5.10 Å². The highest BCUT2D eigenvalue weighted by Gasteiger charge is 2.28. The molecule has 2 aromatic rings. The number of thioether (sulfide) groups is 1. The largest absolute Gasteiger partial charge is 0.298 e. The van der Waals surface area contributed by atoms with Gasteiger partial charge in [-0.1, -0.05) is 25.1 Å². The number of piperidine rings is 1. The smallest absolute Gasteiger partial charge is 0.168 e. The van der Waals surface area contributed by atoms with E-state index in [2.05, 4.69) is 28.5 Å². The minimum atomic E-state index is 0.100. The Morgan fingerprint density at radius 2 is 2.15 bits per heavy atom. The summed E-state index contributed by atoms with van der Waals surface area (Å²) in [6.45, 7) is 8.10. The minimum absolute atomic E-state index is 0.100. The van der Waals surface area contributed by atoms with Gasteiger partial charge in [0.25, 0.3) is 0 Å². The Morgan fingerprint density at radius 1 is 1.35 bits per heavy atom. The Hall–Kier alpha value is -1.59. The number of nitrogens with zero attached hydrogens (tertiary/aromatic N) is 3. The number of aryl methyl sites for hydroxylation is 1. The van der Waals surface area contributed by atoms with Crippen LogP contribution in [0.2, 0.25) is 0 Å². The van der Waals surface area contributed by atoms with Gasteiger partial charge in [-0.3, -0.25) is 14.4 Å². The van der Waals surface area contributed by atoms with E-state index >= 15 is 0 Å². The van der Waals surface area contributed by atoms with Crippen LogP contribution in [0, 0.1) is 12.8 Å². The average molecular weight is 372 g/mol. The molecule has 0 spiro atoms. The quantitative estimate of drug-likeness (QED) is 0.533. The maximum Gasteiger partial charge on any atom is 0.168 e. The van der Waals surface area contributed by atoms with E-state index in [1.165, 1.54) is 11.3 Å². The molecule has 1 atom stereocenters.